The fourth-order valence-electron chi connectivity index (χ4n) is 1.66. The van der Waals surface area contributed by atoms with E-state index < -0.39 is 0 Å². The minimum Gasteiger partial charge on any atom is -0.384 e. The lowest BCUT2D eigenvalue weighted by Crippen LogP contribution is -2.26. The van der Waals surface area contributed by atoms with E-state index in [9.17, 15) is 4.79 Å². The van der Waals surface area contributed by atoms with E-state index in [4.69, 9.17) is 5.73 Å². The number of aromatic nitrogens is 1. The van der Waals surface area contributed by atoms with Crippen LogP contribution in [0.1, 0.15) is 15.9 Å². The van der Waals surface area contributed by atoms with Crippen LogP contribution in [0.2, 0.25) is 0 Å². The Labute approximate surface area is 106 Å². The molecule has 4 nitrogen and oxygen atoms in total. The van der Waals surface area contributed by atoms with Gasteiger partial charge in [0.05, 0.1) is 0 Å². The van der Waals surface area contributed by atoms with Crippen LogP contribution in [0, 0.1) is 6.92 Å². The van der Waals surface area contributed by atoms with Gasteiger partial charge in [0, 0.05) is 24.5 Å². The molecule has 1 heterocycles. The summed E-state index contributed by atoms with van der Waals surface area (Å²) in [4.78, 5) is 17.7. The number of nitrogens with two attached hydrogens (primary N) is 1. The van der Waals surface area contributed by atoms with Gasteiger partial charge in [-0.05, 0) is 31.2 Å². The van der Waals surface area contributed by atoms with E-state index >= 15 is 0 Å². The van der Waals surface area contributed by atoms with Crippen LogP contribution < -0.4 is 10.6 Å². The number of pyridine rings is 1. The minimum atomic E-state index is -0.104. The smallest absolute Gasteiger partial charge is 0.258 e. The van der Waals surface area contributed by atoms with Crippen LogP contribution in [0.25, 0.3) is 0 Å². The quantitative estimate of drug-likeness (QED) is 0.877. The molecular formula is C14H15N3O. The first-order valence-corrected chi connectivity index (χ1v) is 5.64. The van der Waals surface area contributed by atoms with Crippen molar-refractivity contribution in [3.8, 4) is 0 Å². The number of rotatable bonds is 2. The summed E-state index contributed by atoms with van der Waals surface area (Å²) in [5, 5.41) is 0. The number of benzene rings is 1. The van der Waals surface area contributed by atoms with E-state index in [1.54, 1.807) is 24.1 Å². The number of anilines is 2. The Kier molecular flexibility index (Phi) is 3.28. The van der Waals surface area contributed by atoms with Gasteiger partial charge >= 0.3 is 0 Å². The van der Waals surface area contributed by atoms with Gasteiger partial charge in [0.2, 0.25) is 0 Å². The average Bonchev–Trinajstić information content (AvgIpc) is 2.38. The predicted molar refractivity (Wildman–Crippen MR) is 72.6 cm³/mol. The molecule has 0 saturated heterocycles. The van der Waals surface area contributed by atoms with Gasteiger partial charge < -0.3 is 10.6 Å². The van der Waals surface area contributed by atoms with Crippen LogP contribution in [-0.4, -0.2) is 17.9 Å². The van der Waals surface area contributed by atoms with E-state index in [1.165, 1.54) is 6.20 Å². The van der Waals surface area contributed by atoms with Crippen molar-refractivity contribution in [3.05, 3.63) is 53.7 Å². The molecule has 4 heteroatoms. The zero-order valence-corrected chi connectivity index (χ0v) is 10.4. The fourth-order valence-corrected chi connectivity index (χ4v) is 1.66. The summed E-state index contributed by atoms with van der Waals surface area (Å²) >= 11 is 0. The number of nitrogen functional groups attached to an aromatic ring is 1. The monoisotopic (exact) mass is 241 g/mol. The number of amides is 1. The number of hydrogen-bond acceptors (Lipinski definition) is 3. The Morgan fingerprint density at radius 1 is 1.22 bits per heavy atom. The lowest BCUT2D eigenvalue weighted by molar-refractivity contribution is 0.0993. The van der Waals surface area contributed by atoms with Gasteiger partial charge in [0.25, 0.3) is 5.91 Å². The average molecular weight is 241 g/mol. The highest BCUT2D eigenvalue weighted by molar-refractivity contribution is 6.06. The lowest BCUT2D eigenvalue weighted by atomic mass is 10.2. The second-order valence-corrected chi connectivity index (χ2v) is 4.17. The maximum Gasteiger partial charge on any atom is 0.258 e. The summed E-state index contributed by atoms with van der Waals surface area (Å²) < 4.78 is 0. The maximum absolute atomic E-state index is 12.2. The third-order valence-corrected chi connectivity index (χ3v) is 2.75. The highest BCUT2D eigenvalue weighted by atomic mass is 16.2. The highest BCUT2D eigenvalue weighted by Gasteiger charge is 2.13. The Bertz CT molecular complexity index is 564. The molecule has 18 heavy (non-hydrogen) atoms. The van der Waals surface area contributed by atoms with Crippen LogP contribution in [-0.2, 0) is 0 Å². The van der Waals surface area contributed by atoms with Gasteiger partial charge in [0.15, 0.2) is 0 Å². The third-order valence-electron chi connectivity index (χ3n) is 2.75. The summed E-state index contributed by atoms with van der Waals surface area (Å²) in [5.41, 5.74) is 8.11. The van der Waals surface area contributed by atoms with Gasteiger partial charge in [-0.3, -0.25) is 4.79 Å². The summed E-state index contributed by atoms with van der Waals surface area (Å²) in [6.45, 7) is 2.01. The Hall–Kier alpha value is -2.36. The van der Waals surface area contributed by atoms with Crippen LogP contribution in [0.5, 0.6) is 0 Å². The molecule has 0 radical (unpaired) electrons. The summed E-state index contributed by atoms with van der Waals surface area (Å²) in [7, 11) is 1.74. The SMILES string of the molecule is Cc1ccc(N(C)C(=O)c2ccnc(N)c2)cc1. The van der Waals surface area contributed by atoms with Gasteiger partial charge in [-0.2, -0.15) is 0 Å². The summed E-state index contributed by atoms with van der Waals surface area (Å²) in [6, 6.07) is 11.0. The standard InChI is InChI=1S/C14H15N3O/c1-10-3-5-12(6-4-10)17(2)14(18)11-7-8-16-13(15)9-11/h3-9H,1-2H3,(H2,15,16). The molecule has 0 aliphatic rings. The van der Waals surface area contributed by atoms with Crippen LogP contribution in [0.3, 0.4) is 0 Å². The normalized spacial score (nSPS) is 10.1. The molecule has 2 aromatic rings. The van der Waals surface area contributed by atoms with E-state index in [2.05, 4.69) is 4.98 Å². The molecule has 2 N–H and O–H groups in total. The zero-order valence-electron chi connectivity index (χ0n) is 10.4. The topological polar surface area (TPSA) is 59.2 Å². The van der Waals surface area contributed by atoms with E-state index in [0.717, 1.165) is 11.3 Å². The summed E-state index contributed by atoms with van der Waals surface area (Å²) in [6.07, 6.45) is 1.53. The zero-order chi connectivity index (χ0) is 13.1. The molecule has 0 saturated carbocycles. The number of nitrogens with zero attached hydrogens (tertiary/aromatic N) is 2. The molecule has 2 rings (SSSR count). The van der Waals surface area contributed by atoms with E-state index in [0.29, 0.717) is 11.4 Å². The largest absolute Gasteiger partial charge is 0.384 e. The van der Waals surface area contributed by atoms with Crippen molar-refractivity contribution in [3.63, 3.8) is 0 Å². The minimum absolute atomic E-state index is 0.104. The maximum atomic E-state index is 12.2. The van der Waals surface area contributed by atoms with Crippen molar-refractivity contribution in [2.45, 2.75) is 6.92 Å². The molecule has 0 aliphatic carbocycles. The van der Waals surface area contributed by atoms with Crippen LogP contribution >= 0.6 is 0 Å². The van der Waals surface area contributed by atoms with Crippen molar-refractivity contribution in [2.24, 2.45) is 0 Å². The number of carbonyl (C=O) groups excluding carboxylic acids is 1. The molecule has 0 bridgehead atoms. The first kappa shape index (κ1) is 12.1. The molecule has 0 spiro atoms. The molecule has 0 aliphatic heterocycles. The predicted octanol–water partition coefficient (Wildman–Crippen LogP) is 2.25. The van der Waals surface area contributed by atoms with Crippen molar-refractivity contribution in [2.75, 3.05) is 17.7 Å². The Balaban J connectivity index is 2.26. The number of aryl methyl sites for hydroxylation is 1. The van der Waals surface area contributed by atoms with Crippen molar-refractivity contribution in [1.82, 2.24) is 4.98 Å². The van der Waals surface area contributed by atoms with E-state index in [-0.39, 0.29) is 5.91 Å². The van der Waals surface area contributed by atoms with Crippen molar-refractivity contribution >= 4 is 17.4 Å². The van der Waals surface area contributed by atoms with Gasteiger partial charge in [0.1, 0.15) is 5.82 Å². The number of carbonyl (C=O) groups is 1. The summed E-state index contributed by atoms with van der Waals surface area (Å²) in [5.74, 6) is 0.242. The second kappa shape index (κ2) is 4.87. The third kappa shape index (κ3) is 2.48. The van der Waals surface area contributed by atoms with Gasteiger partial charge in [-0.25, -0.2) is 4.98 Å². The van der Waals surface area contributed by atoms with Crippen LogP contribution in [0.4, 0.5) is 11.5 Å². The van der Waals surface area contributed by atoms with Gasteiger partial charge in [-0.15, -0.1) is 0 Å². The lowest BCUT2D eigenvalue weighted by Gasteiger charge is -2.17. The highest BCUT2D eigenvalue weighted by Crippen LogP contribution is 2.16. The van der Waals surface area contributed by atoms with Crippen LogP contribution in [0.15, 0.2) is 42.6 Å². The first-order chi connectivity index (χ1) is 8.58. The molecule has 92 valence electrons. The Morgan fingerprint density at radius 3 is 2.50 bits per heavy atom. The van der Waals surface area contributed by atoms with E-state index in [1.807, 2.05) is 31.2 Å². The molecule has 0 unspecified atom stereocenters. The molecule has 1 aromatic heterocycles. The molecule has 0 fully saturated rings. The first-order valence-electron chi connectivity index (χ1n) is 5.64. The fraction of sp³-hybridized carbons (Fsp3) is 0.143. The van der Waals surface area contributed by atoms with Crippen molar-refractivity contribution in [1.29, 1.82) is 0 Å². The van der Waals surface area contributed by atoms with Crippen molar-refractivity contribution < 1.29 is 4.79 Å². The molecular weight excluding hydrogens is 226 g/mol. The molecule has 1 amide bonds. The van der Waals surface area contributed by atoms with Gasteiger partial charge in [-0.1, -0.05) is 17.7 Å². The molecule has 1 aromatic carbocycles. The molecule has 0 atom stereocenters. The Morgan fingerprint density at radius 2 is 1.89 bits per heavy atom. The second-order valence-electron chi connectivity index (χ2n) is 4.17. The number of hydrogen-bond donors (Lipinski definition) is 1.